The van der Waals surface area contributed by atoms with Crippen LogP contribution in [-0.2, 0) is 28.7 Å². The minimum Gasteiger partial charge on any atom is -0.325 e. The Morgan fingerprint density at radius 3 is 2.28 bits per heavy atom. The summed E-state index contributed by atoms with van der Waals surface area (Å²) in [5, 5.41) is 5.37. The second-order valence-corrected chi connectivity index (χ2v) is 9.59. The van der Waals surface area contributed by atoms with Gasteiger partial charge in [0.2, 0.25) is 17.6 Å². The molecule has 0 aliphatic rings. The lowest BCUT2D eigenvalue weighted by Crippen LogP contribution is -2.28. The molecule has 0 aliphatic heterocycles. The third-order valence-corrected chi connectivity index (χ3v) is 6.82. The standard InChI is InChI=1S/C32H26F3N5O3/c1-3-26-29(23-12-8-9-13-24(23)37-27(41)4-2)30(43)40-18-25(20-10-6-5-7-11-20)38-31(40)39(26)19-28(42)36-22-16-14-21(15-17-22)32(33,34)35/h4-18H,2-3,19H2,1H3,(H,36,42)(H,37,41). The van der Waals surface area contributed by atoms with Gasteiger partial charge in [-0.25, -0.2) is 4.98 Å². The highest BCUT2D eigenvalue weighted by atomic mass is 19.4. The van der Waals surface area contributed by atoms with Gasteiger partial charge >= 0.3 is 6.18 Å². The van der Waals surface area contributed by atoms with Crippen molar-refractivity contribution in [2.45, 2.75) is 26.1 Å². The predicted molar refractivity (Wildman–Crippen MR) is 159 cm³/mol. The number of nitrogens with zero attached hydrogens (tertiary/aromatic N) is 3. The molecule has 5 aromatic rings. The summed E-state index contributed by atoms with van der Waals surface area (Å²) in [7, 11) is 0. The number of benzene rings is 3. The summed E-state index contributed by atoms with van der Waals surface area (Å²) < 4.78 is 42.0. The minimum absolute atomic E-state index is 0.180. The Morgan fingerprint density at radius 2 is 1.63 bits per heavy atom. The lowest BCUT2D eigenvalue weighted by atomic mass is 10.0. The average Bonchev–Trinajstić information content (AvgIpc) is 3.45. The van der Waals surface area contributed by atoms with Crippen molar-refractivity contribution in [1.82, 2.24) is 14.0 Å². The molecular weight excluding hydrogens is 559 g/mol. The summed E-state index contributed by atoms with van der Waals surface area (Å²) in [5.74, 6) is -0.792. The van der Waals surface area contributed by atoms with E-state index in [9.17, 15) is 27.6 Å². The van der Waals surface area contributed by atoms with Crippen LogP contribution in [0, 0.1) is 0 Å². The lowest BCUT2D eigenvalue weighted by Gasteiger charge is -2.19. The van der Waals surface area contributed by atoms with Crippen molar-refractivity contribution in [3.63, 3.8) is 0 Å². The molecule has 0 unspecified atom stereocenters. The zero-order chi connectivity index (χ0) is 30.7. The molecule has 218 valence electrons. The van der Waals surface area contributed by atoms with E-state index >= 15 is 0 Å². The molecule has 0 saturated carbocycles. The number of aromatic nitrogens is 3. The summed E-state index contributed by atoms with van der Waals surface area (Å²) in [6.07, 6.45) is -1.49. The zero-order valence-electron chi connectivity index (χ0n) is 23.0. The number of anilines is 2. The van der Waals surface area contributed by atoms with E-state index in [1.54, 1.807) is 35.0 Å². The average molecular weight is 586 g/mol. The first-order valence-corrected chi connectivity index (χ1v) is 13.3. The highest BCUT2D eigenvalue weighted by Crippen LogP contribution is 2.31. The van der Waals surface area contributed by atoms with Gasteiger partial charge in [-0.05, 0) is 42.8 Å². The molecule has 0 saturated heterocycles. The van der Waals surface area contributed by atoms with Gasteiger partial charge in [0.25, 0.3) is 5.56 Å². The Hall–Kier alpha value is -5.45. The van der Waals surface area contributed by atoms with E-state index in [-0.39, 0.29) is 23.6 Å². The molecule has 0 radical (unpaired) electrons. The Kier molecular flexibility index (Phi) is 7.98. The fraction of sp³-hybridized carbons (Fsp3) is 0.125. The van der Waals surface area contributed by atoms with Gasteiger partial charge in [-0.15, -0.1) is 0 Å². The van der Waals surface area contributed by atoms with Crippen LogP contribution in [0.25, 0.3) is 28.2 Å². The third-order valence-electron chi connectivity index (χ3n) is 6.82. The molecule has 0 aliphatic carbocycles. The lowest BCUT2D eigenvalue weighted by molar-refractivity contribution is -0.137. The number of amides is 2. The second-order valence-electron chi connectivity index (χ2n) is 9.59. The van der Waals surface area contributed by atoms with Gasteiger partial charge in [-0.3, -0.25) is 18.8 Å². The Morgan fingerprint density at radius 1 is 0.953 bits per heavy atom. The fourth-order valence-electron chi connectivity index (χ4n) is 4.84. The van der Waals surface area contributed by atoms with Crippen molar-refractivity contribution in [1.29, 1.82) is 0 Å². The number of para-hydroxylation sites is 1. The van der Waals surface area contributed by atoms with Crippen molar-refractivity contribution >= 4 is 29.0 Å². The van der Waals surface area contributed by atoms with Crippen LogP contribution in [0.15, 0.2) is 103 Å². The van der Waals surface area contributed by atoms with Crippen molar-refractivity contribution in [2.24, 2.45) is 0 Å². The third kappa shape index (κ3) is 5.96. The number of hydrogen-bond donors (Lipinski definition) is 2. The van der Waals surface area contributed by atoms with E-state index < -0.39 is 29.1 Å². The van der Waals surface area contributed by atoms with Crippen LogP contribution in [0.2, 0.25) is 0 Å². The van der Waals surface area contributed by atoms with Crippen LogP contribution in [0.3, 0.4) is 0 Å². The number of hydrogen-bond acceptors (Lipinski definition) is 4. The summed E-state index contributed by atoms with van der Waals surface area (Å²) in [5.41, 5.74) is 1.75. The van der Waals surface area contributed by atoms with E-state index in [4.69, 9.17) is 4.98 Å². The highest BCUT2D eigenvalue weighted by molar-refractivity contribution is 6.02. The SMILES string of the molecule is C=CC(=O)Nc1ccccc1-c1c(CC)n(CC(=O)Nc2ccc(C(F)(F)F)cc2)c2nc(-c3ccccc3)cn2c1=O. The van der Waals surface area contributed by atoms with Crippen LogP contribution in [-0.4, -0.2) is 25.8 Å². The van der Waals surface area contributed by atoms with Crippen molar-refractivity contribution in [2.75, 3.05) is 10.6 Å². The fourth-order valence-corrected chi connectivity index (χ4v) is 4.84. The number of imidazole rings is 1. The highest BCUT2D eigenvalue weighted by Gasteiger charge is 2.30. The van der Waals surface area contributed by atoms with Gasteiger partial charge in [0.05, 0.1) is 16.8 Å². The number of fused-ring (bicyclic) bond motifs is 1. The topological polar surface area (TPSA) is 97.5 Å². The largest absolute Gasteiger partial charge is 0.416 e. The molecule has 0 spiro atoms. The van der Waals surface area contributed by atoms with Crippen LogP contribution in [0.1, 0.15) is 18.2 Å². The van der Waals surface area contributed by atoms with Crippen LogP contribution in [0.5, 0.6) is 0 Å². The molecule has 0 fully saturated rings. The summed E-state index contributed by atoms with van der Waals surface area (Å²) >= 11 is 0. The summed E-state index contributed by atoms with van der Waals surface area (Å²) in [4.78, 5) is 44.3. The molecule has 11 heteroatoms. The van der Waals surface area contributed by atoms with Gasteiger partial charge in [0.1, 0.15) is 6.54 Å². The molecule has 2 heterocycles. The van der Waals surface area contributed by atoms with E-state index in [1.165, 1.54) is 16.5 Å². The van der Waals surface area contributed by atoms with Crippen LogP contribution >= 0.6 is 0 Å². The number of carbonyl (C=O) groups excluding carboxylic acids is 2. The molecular formula is C32H26F3N5O3. The van der Waals surface area contributed by atoms with E-state index in [1.807, 2.05) is 37.3 Å². The number of nitrogens with one attached hydrogen (secondary N) is 2. The Bertz CT molecular complexity index is 1890. The summed E-state index contributed by atoms with van der Waals surface area (Å²) in [6.45, 7) is 5.02. The van der Waals surface area contributed by atoms with Crippen LogP contribution < -0.4 is 16.2 Å². The number of alkyl halides is 3. The Balaban J connectivity index is 1.66. The van der Waals surface area contributed by atoms with E-state index in [0.29, 0.717) is 29.1 Å². The maximum atomic E-state index is 14.1. The molecule has 2 aromatic heterocycles. The molecule has 43 heavy (non-hydrogen) atoms. The molecule has 0 bridgehead atoms. The maximum absolute atomic E-state index is 14.1. The number of halogens is 3. The zero-order valence-corrected chi connectivity index (χ0v) is 23.0. The van der Waals surface area contributed by atoms with Gasteiger partial charge in [-0.1, -0.05) is 62.0 Å². The second kappa shape index (κ2) is 11.8. The van der Waals surface area contributed by atoms with Gasteiger partial charge in [0.15, 0.2) is 0 Å². The normalized spacial score (nSPS) is 11.3. The monoisotopic (exact) mass is 585 g/mol. The smallest absolute Gasteiger partial charge is 0.325 e. The number of rotatable bonds is 8. The molecule has 5 rings (SSSR count). The van der Waals surface area contributed by atoms with Gasteiger partial charge in [0, 0.05) is 34.4 Å². The number of carbonyl (C=O) groups is 2. The minimum atomic E-state index is -4.50. The predicted octanol–water partition coefficient (Wildman–Crippen LogP) is 6.17. The van der Waals surface area contributed by atoms with Crippen LogP contribution in [0.4, 0.5) is 24.5 Å². The Labute approximate surface area is 244 Å². The first-order valence-electron chi connectivity index (χ1n) is 13.3. The van der Waals surface area contributed by atoms with Crippen molar-refractivity contribution < 1.29 is 22.8 Å². The maximum Gasteiger partial charge on any atom is 0.416 e. The first-order chi connectivity index (χ1) is 20.6. The van der Waals surface area contributed by atoms with E-state index in [0.717, 1.165) is 23.8 Å². The first kappa shape index (κ1) is 29.1. The van der Waals surface area contributed by atoms with Gasteiger partial charge < -0.3 is 15.2 Å². The molecule has 8 nitrogen and oxygen atoms in total. The van der Waals surface area contributed by atoms with Gasteiger partial charge in [-0.2, -0.15) is 13.2 Å². The summed E-state index contributed by atoms with van der Waals surface area (Å²) in [6, 6.07) is 20.1. The quantitative estimate of drug-likeness (QED) is 0.213. The molecule has 3 aromatic carbocycles. The van der Waals surface area contributed by atoms with Crippen molar-refractivity contribution in [3.8, 4) is 22.4 Å². The molecule has 2 N–H and O–H groups in total. The van der Waals surface area contributed by atoms with E-state index in [2.05, 4.69) is 17.2 Å². The molecule has 2 amide bonds. The molecule has 0 atom stereocenters. The van der Waals surface area contributed by atoms with Crippen molar-refractivity contribution in [3.05, 3.63) is 119 Å².